The number of hydrogen-bond donors (Lipinski definition) is 0. The van der Waals surface area contributed by atoms with Gasteiger partial charge in [0.2, 0.25) is 0 Å². The molecule has 4 heteroatoms. The van der Waals surface area contributed by atoms with Crippen LogP contribution in [0.15, 0.2) is 18.2 Å². The Labute approximate surface area is 97.2 Å². The highest BCUT2D eigenvalue weighted by Gasteiger charge is 2.16. The van der Waals surface area contributed by atoms with Crippen molar-refractivity contribution in [1.82, 2.24) is 0 Å². The van der Waals surface area contributed by atoms with E-state index in [0.29, 0.717) is 17.5 Å². The van der Waals surface area contributed by atoms with E-state index in [-0.39, 0.29) is 5.78 Å². The molecular formula is C11H12BrNO2. The van der Waals surface area contributed by atoms with Gasteiger partial charge < -0.3 is 9.64 Å². The van der Waals surface area contributed by atoms with Crippen LogP contribution in [0.25, 0.3) is 0 Å². The second kappa shape index (κ2) is 4.23. The van der Waals surface area contributed by atoms with Gasteiger partial charge >= 0.3 is 0 Å². The lowest BCUT2D eigenvalue weighted by atomic mass is 10.1. The summed E-state index contributed by atoms with van der Waals surface area (Å²) in [6.07, 6.45) is 0. The minimum atomic E-state index is 0.0784. The molecule has 15 heavy (non-hydrogen) atoms. The van der Waals surface area contributed by atoms with E-state index in [1.807, 2.05) is 25.2 Å². The van der Waals surface area contributed by atoms with Crippen LogP contribution in [0.3, 0.4) is 0 Å². The summed E-state index contributed by atoms with van der Waals surface area (Å²) in [5.74, 6) is 0.880. The molecule has 2 rings (SSSR count). The fourth-order valence-corrected chi connectivity index (χ4v) is 1.93. The highest BCUT2D eigenvalue weighted by molar-refractivity contribution is 9.09. The van der Waals surface area contributed by atoms with Crippen LogP contribution in [0.5, 0.6) is 5.75 Å². The first-order valence-electron chi connectivity index (χ1n) is 4.79. The molecule has 80 valence electrons. The molecule has 1 aromatic carbocycles. The van der Waals surface area contributed by atoms with Gasteiger partial charge in [-0.05, 0) is 18.2 Å². The molecule has 0 N–H and O–H groups in total. The monoisotopic (exact) mass is 269 g/mol. The maximum Gasteiger partial charge on any atom is 0.173 e. The molecule has 1 aliphatic heterocycles. The summed E-state index contributed by atoms with van der Waals surface area (Å²) in [6.45, 7) is 1.56. The van der Waals surface area contributed by atoms with Crippen molar-refractivity contribution in [2.45, 2.75) is 0 Å². The maximum atomic E-state index is 11.5. The van der Waals surface area contributed by atoms with Gasteiger partial charge in [-0.2, -0.15) is 0 Å². The third kappa shape index (κ3) is 2.00. The molecular weight excluding hydrogens is 258 g/mol. The summed E-state index contributed by atoms with van der Waals surface area (Å²) in [6, 6.07) is 5.59. The number of rotatable bonds is 2. The number of Topliss-reactive ketones (excluding diaryl/α,β-unsaturated/α-hetero) is 1. The lowest BCUT2D eigenvalue weighted by molar-refractivity contribution is 0.102. The van der Waals surface area contributed by atoms with Gasteiger partial charge in [0, 0.05) is 12.6 Å². The predicted molar refractivity (Wildman–Crippen MR) is 63.3 cm³/mol. The quantitative estimate of drug-likeness (QED) is 0.608. The normalized spacial score (nSPS) is 14.4. The zero-order valence-corrected chi connectivity index (χ0v) is 10.1. The van der Waals surface area contributed by atoms with E-state index >= 15 is 0 Å². The van der Waals surface area contributed by atoms with Gasteiger partial charge in [0.05, 0.1) is 17.6 Å². The molecule has 1 aromatic rings. The number of carbonyl (C=O) groups excluding carboxylic acids is 1. The number of likely N-dealkylation sites (N-methyl/N-ethyl adjacent to an activating group) is 1. The number of nitrogens with zero attached hydrogens (tertiary/aromatic N) is 1. The van der Waals surface area contributed by atoms with E-state index in [4.69, 9.17) is 4.74 Å². The van der Waals surface area contributed by atoms with Crippen LogP contribution in [-0.4, -0.2) is 31.3 Å². The van der Waals surface area contributed by atoms with Gasteiger partial charge in [-0.1, -0.05) is 15.9 Å². The first-order valence-corrected chi connectivity index (χ1v) is 5.91. The topological polar surface area (TPSA) is 29.5 Å². The van der Waals surface area contributed by atoms with Crippen molar-refractivity contribution in [3.63, 3.8) is 0 Å². The van der Waals surface area contributed by atoms with Crippen LogP contribution in [-0.2, 0) is 0 Å². The molecule has 1 heterocycles. The summed E-state index contributed by atoms with van der Waals surface area (Å²) in [4.78, 5) is 13.6. The van der Waals surface area contributed by atoms with Crippen molar-refractivity contribution in [2.24, 2.45) is 0 Å². The highest BCUT2D eigenvalue weighted by Crippen LogP contribution is 2.31. The molecule has 0 spiro atoms. The minimum absolute atomic E-state index is 0.0784. The zero-order chi connectivity index (χ0) is 10.8. The molecule has 0 unspecified atom stereocenters. The Balaban J connectivity index is 2.37. The second-order valence-corrected chi connectivity index (χ2v) is 4.07. The Bertz CT molecular complexity index is 392. The van der Waals surface area contributed by atoms with Gasteiger partial charge in [0.25, 0.3) is 0 Å². The molecule has 0 saturated carbocycles. The number of halogens is 1. The number of fused-ring (bicyclic) bond motifs is 1. The summed E-state index contributed by atoms with van der Waals surface area (Å²) in [7, 11) is 2.02. The standard InChI is InChI=1S/C11H12BrNO2/c1-13-4-5-15-11-6-8(10(14)7-12)2-3-9(11)13/h2-3,6H,4-5,7H2,1H3. The SMILES string of the molecule is CN1CCOc2cc(C(=O)CBr)ccc21. The van der Waals surface area contributed by atoms with Crippen molar-refractivity contribution in [2.75, 3.05) is 30.4 Å². The van der Waals surface area contributed by atoms with Gasteiger partial charge in [-0.3, -0.25) is 4.79 Å². The van der Waals surface area contributed by atoms with Crippen molar-refractivity contribution in [1.29, 1.82) is 0 Å². The molecule has 0 aliphatic carbocycles. The third-order valence-corrected chi connectivity index (χ3v) is 3.01. The molecule has 0 aromatic heterocycles. The molecule has 0 bridgehead atoms. The summed E-state index contributed by atoms with van der Waals surface area (Å²) in [5, 5.41) is 0.349. The van der Waals surface area contributed by atoms with E-state index in [1.54, 1.807) is 0 Å². The lowest BCUT2D eigenvalue weighted by Crippen LogP contribution is -2.28. The van der Waals surface area contributed by atoms with Crippen LogP contribution >= 0.6 is 15.9 Å². The number of ketones is 1. The molecule has 3 nitrogen and oxygen atoms in total. The Morgan fingerprint density at radius 3 is 3.13 bits per heavy atom. The molecule has 0 atom stereocenters. The third-order valence-electron chi connectivity index (χ3n) is 2.50. The van der Waals surface area contributed by atoms with Gasteiger partial charge in [0.1, 0.15) is 12.4 Å². The van der Waals surface area contributed by atoms with Crippen molar-refractivity contribution < 1.29 is 9.53 Å². The molecule has 0 amide bonds. The number of hydrogen-bond acceptors (Lipinski definition) is 3. The number of anilines is 1. The number of benzene rings is 1. The van der Waals surface area contributed by atoms with E-state index in [2.05, 4.69) is 20.8 Å². The van der Waals surface area contributed by atoms with Crippen molar-refractivity contribution >= 4 is 27.4 Å². The highest BCUT2D eigenvalue weighted by atomic mass is 79.9. The fraction of sp³-hybridized carbons (Fsp3) is 0.364. The van der Waals surface area contributed by atoms with E-state index in [1.165, 1.54) is 0 Å². The van der Waals surface area contributed by atoms with Gasteiger partial charge in [0.15, 0.2) is 5.78 Å². The number of carbonyl (C=O) groups is 1. The summed E-state index contributed by atoms with van der Waals surface area (Å²) >= 11 is 3.16. The Morgan fingerprint density at radius 1 is 1.60 bits per heavy atom. The predicted octanol–water partition coefficient (Wildman–Crippen LogP) is 2.09. The zero-order valence-electron chi connectivity index (χ0n) is 8.50. The van der Waals surface area contributed by atoms with Crippen LogP contribution in [0, 0.1) is 0 Å². The average molecular weight is 270 g/mol. The molecule has 0 saturated heterocycles. The summed E-state index contributed by atoms with van der Waals surface area (Å²) < 4.78 is 5.52. The largest absolute Gasteiger partial charge is 0.490 e. The fourth-order valence-electron chi connectivity index (χ4n) is 1.61. The van der Waals surface area contributed by atoms with Gasteiger partial charge in [-0.25, -0.2) is 0 Å². The van der Waals surface area contributed by atoms with E-state index < -0.39 is 0 Å². The Morgan fingerprint density at radius 2 is 2.40 bits per heavy atom. The van der Waals surface area contributed by atoms with Crippen LogP contribution in [0.4, 0.5) is 5.69 Å². The first kappa shape index (κ1) is 10.5. The number of alkyl halides is 1. The van der Waals surface area contributed by atoms with Gasteiger partial charge in [-0.15, -0.1) is 0 Å². The summed E-state index contributed by atoms with van der Waals surface area (Å²) in [5.41, 5.74) is 1.74. The van der Waals surface area contributed by atoms with Crippen LogP contribution in [0.2, 0.25) is 0 Å². The van der Waals surface area contributed by atoms with Crippen molar-refractivity contribution in [3.05, 3.63) is 23.8 Å². The Kier molecular flexibility index (Phi) is 2.95. The lowest BCUT2D eigenvalue weighted by Gasteiger charge is -2.27. The van der Waals surface area contributed by atoms with Crippen molar-refractivity contribution in [3.8, 4) is 5.75 Å². The molecule has 0 fully saturated rings. The first-order chi connectivity index (χ1) is 7.22. The second-order valence-electron chi connectivity index (χ2n) is 3.51. The average Bonchev–Trinajstić information content (AvgIpc) is 2.28. The Hall–Kier alpha value is -1.03. The minimum Gasteiger partial charge on any atom is -0.490 e. The maximum absolute atomic E-state index is 11.5. The van der Waals surface area contributed by atoms with E-state index in [0.717, 1.165) is 18.0 Å². The smallest absolute Gasteiger partial charge is 0.173 e. The molecule has 0 radical (unpaired) electrons. The number of ether oxygens (including phenoxy) is 1. The van der Waals surface area contributed by atoms with Crippen LogP contribution in [0.1, 0.15) is 10.4 Å². The van der Waals surface area contributed by atoms with Crippen LogP contribution < -0.4 is 9.64 Å². The van der Waals surface area contributed by atoms with E-state index in [9.17, 15) is 4.79 Å². The molecule has 1 aliphatic rings.